The molecule has 72 valence electrons. The fraction of sp³-hybridized carbons (Fsp3) is 0.750. The fourth-order valence-electron chi connectivity index (χ4n) is 1.40. The molecule has 0 radical (unpaired) electrons. The van der Waals surface area contributed by atoms with E-state index in [9.17, 15) is 4.79 Å². The van der Waals surface area contributed by atoms with E-state index in [0.717, 1.165) is 0 Å². The van der Waals surface area contributed by atoms with Gasteiger partial charge in [-0.05, 0) is 6.92 Å². The molecule has 1 aliphatic rings. The Kier molecular flexibility index (Phi) is 3.23. The van der Waals surface area contributed by atoms with E-state index < -0.39 is 11.9 Å². The lowest BCUT2D eigenvalue weighted by Crippen LogP contribution is -2.55. The molecular formula is C8H13N3O2. The van der Waals surface area contributed by atoms with Gasteiger partial charge in [0.15, 0.2) is 0 Å². The summed E-state index contributed by atoms with van der Waals surface area (Å²) in [5.74, 6) is -0.429. The lowest BCUT2D eigenvalue weighted by atomic mass is 10.1. The van der Waals surface area contributed by atoms with Gasteiger partial charge < -0.3 is 10.5 Å². The third kappa shape index (κ3) is 2.17. The molecule has 1 rings (SSSR count). The molecule has 2 unspecified atom stereocenters. The van der Waals surface area contributed by atoms with Crippen LogP contribution in [0.5, 0.6) is 0 Å². The zero-order valence-electron chi connectivity index (χ0n) is 7.56. The summed E-state index contributed by atoms with van der Waals surface area (Å²) >= 11 is 0. The van der Waals surface area contributed by atoms with Gasteiger partial charge in [-0.2, -0.15) is 5.26 Å². The van der Waals surface area contributed by atoms with Crippen LogP contribution in [0.4, 0.5) is 0 Å². The van der Waals surface area contributed by atoms with Crippen LogP contribution in [0.3, 0.4) is 0 Å². The lowest BCUT2D eigenvalue weighted by Gasteiger charge is -2.34. The van der Waals surface area contributed by atoms with Crippen LogP contribution in [0, 0.1) is 11.3 Å². The maximum Gasteiger partial charge on any atom is 0.237 e. The van der Waals surface area contributed by atoms with E-state index in [-0.39, 0.29) is 6.04 Å². The van der Waals surface area contributed by atoms with Gasteiger partial charge in [-0.25, -0.2) is 0 Å². The highest BCUT2D eigenvalue weighted by molar-refractivity contribution is 5.80. The van der Waals surface area contributed by atoms with Gasteiger partial charge in [-0.15, -0.1) is 0 Å². The number of amides is 1. The molecule has 0 aromatic heterocycles. The summed E-state index contributed by atoms with van der Waals surface area (Å²) in [6.07, 6.45) is 0. The highest BCUT2D eigenvalue weighted by Gasteiger charge is 2.30. The summed E-state index contributed by atoms with van der Waals surface area (Å²) < 4.78 is 5.12. The number of nitrogens with two attached hydrogens (primary N) is 1. The van der Waals surface area contributed by atoms with Crippen LogP contribution in [0.1, 0.15) is 6.92 Å². The predicted octanol–water partition coefficient (Wildman–Crippen LogP) is -0.915. The molecule has 5 heteroatoms. The normalized spacial score (nSPS) is 26.3. The van der Waals surface area contributed by atoms with Gasteiger partial charge in [-0.3, -0.25) is 9.69 Å². The summed E-state index contributed by atoms with van der Waals surface area (Å²) in [4.78, 5) is 12.7. The van der Waals surface area contributed by atoms with Crippen molar-refractivity contribution in [3.05, 3.63) is 0 Å². The van der Waals surface area contributed by atoms with Gasteiger partial charge in [-0.1, -0.05) is 0 Å². The Morgan fingerprint density at radius 2 is 2.54 bits per heavy atom. The molecule has 0 aromatic carbocycles. The Balaban J connectivity index is 2.68. The minimum Gasteiger partial charge on any atom is -0.378 e. The maximum atomic E-state index is 11.0. The number of hydrogen-bond donors (Lipinski definition) is 1. The highest BCUT2D eigenvalue weighted by atomic mass is 16.5. The molecule has 0 aromatic rings. The van der Waals surface area contributed by atoms with Gasteiger partial charge in [0.1, 0.15) is 6.04 Å². The summed E-state index contributed by atoms with van der Waals surface area (Å²) in [5.41, 5.74) is 5.18. The first-order chi connectivity index (χ1) is 6.16. The summed E-state index contributed by atoms with van der Waals surface area (Å²) in [7, 11) is 0. The van der Waals surface area contributed by atoms with Crippen LogP contribution in [-0.4, -0.2) is 42.6 Å². The minimum absolute atomic E-state index is 0.290. The third-order valence-electron chi connectivity index (χ3n) is 2.18. The quantitative estimate of drug-likeness (QED) is 0.600. The van der Waals surface area contributed by atoms with Crippen LogP contribution in [0.2, 0.25) is 0 Å². The van der Waals surface area contributed by atoms with Crippen LogP contribution >= 0.6 is 0 Å². The molecule has 2 N–H and O–H groups in total. The zero-order chi connectivity index (χ0) is 9.84. The number of morpholine rings is 1. The first kappa shape index (κ1) is 9.96. The molecule has 2 atom stereocenters. The van der Waals surface area contributed by atoms with Crippen molar-refractivity contribution in [1.29, 1.82) is 5.26 Å². The van der Waals surface area contributed by atoms with E-state index in [0.29, 0.717) is 19.8 Å². The Hall–Kier alpha value is -1.12. The van der Waals surface area contributed by atoms with E-state index in [1.807, 2.05) is 0 Å². The number of hydrogen-bond acceptors (Lipinski definition) is 4. The molecule has 0 bridgehead atoms. The standard InChI is InChI=1S/C8H13N3O2/c1-6(4-9)11-2-3-13-5-7(11)8(10)12/h6-7H,2-3,5H2,1H3,(H2,10,12). The summed E-state index contributed by atoms with van der Waals surface area (Å²) in [5, 5.41) is 8.70. The van der Waals surface area contributed by atoms with E-state index in [2.05, 4.69) is 6.07 Å². The Labute approximate surface area is 77.1 Å². The molecule has 5 nitrogen and oxygen atoms in total. The van der Waals surface area contributed by atoms with Gasteiger partial charge in [0.25, 0.3) is 0 Å². The molecule has 1 fully saturated rings. The molecule has 1 aliphatic heterocycles. The largest absolute Gasteiger partial charge is 0.378 e. The predicted molar refractivity (Wildman–Crippen MR) is 45.6 cm³/mol. The molecular weight excluding hydrogens is 170 g/mol. The first-order valence-electron chi connectivity index (χ1n) is 4.19. The third-order valence-corrected chi connectivity index (χ3v) is 2.18. The average molecular weight is 183 g/mol. The van der Waals surface area contributed by atoms with E-state index >= 15 is 0 Å². The minimum atomic E-state index is -0.455. The number of ether oxygens (including phenoxy) is 1. The van der Waals surface area contributed by atoms with Gasteiger partial charge >= 0.3 is 0 Å². The number of primary amides is 1. The second-order valence-corrected chi connectivity index (χ2v) is 3.04. The molecule has 0 saturated carbocycles. The van der Waals surface area contributed by atoms with Gasteiger partial charge in [0.2, 0.25) is 5.91 Å². The maximum absolute atomic E-state index is 11.0. The molecule has 1 heterocycles. The molecule has 0 aliphatic carbocycles. The van der Waals surface area contributed by atoms with Crippen molar-refractivity contribution < 1.29 is 9.53 Å². The smallest absolute Gasteiger partial charge is 0.237 e. The second-order valence-electron chi connectivity index (χ2n) is 3.04. The van der Waals surface area contributed by atoms with Crippen LogP contribution in [0.15, 0.2) is 0 Å². The Bertz CT molecular complexity index is 236. The van der Waals surface area contributed by atoms with Crippen molar-refractivity contribution in [3.8, 4) is 6.07 Å². The summed E-state index contributed by atoms with van der Waals surface area (Å²) in [6, 6.07) is 1.34. The number of rotatable bonds is 2. The monoisotopic (exact) mass is 183 g/mol. The van der Waals surface area contributed by atoms with Crippen LogP contribution < -0.4 is 5.73 Å². The van der Waals surface area contributed by atoms with Crippen molar-refractivity contribution >= 4 is 5.91 Å². The molecule has 0 spiro atoms. The van der Waals surface area contributed by atoms with E-state index in [1.54, 1.807) is 11.8 Å². The number of nitriles is 1. The highest BCUT2D eigenvalue weighted by Crippen LogP contribution is 2.10. The molecule has 1 saturated heterocycles. The van der Waals surface area contributed by atoms with Crippen molar-refractivity contribution in [3.63, 3.8) is 0 Å². The number of carbonyl (C=O) groups is 1. The Morgan fingerprint density at radius 3 is 3.08 bits per heavy atom. The average Bonchev–Trinajstić information content (AvgIpc) is 2.16. The Morgan fingerprint density at radius 1 is 1.85 bits per heavy atom. The fourth-order valence-corrected chi connectivity index (χ4v) is 1.40. The lowest BCUT2D eigenvalue weighted by molar-refractivity contribution is -0.130. The van der Waals surface area contributed by atoms with Crippen LogP contribution in [-0.2, 0) is 9.53 Å². The number of nitrogens with zero attached hydrogens (tertiary/aromatic N) is 2. The topological polar surface area (TPSA) is 79.3 Å². The van der Waals surface area contributed by atoms with Gasteiger partial charge in [0, 0.05) is 6.54 Å². The molecule has 1 amide bonds. The second kappa shape index (κ2) is 4.21. The zero-order valence-corrected chi connectivity index (χ0v) is 7.56. The van der Waals surface area contributed by atoms with Crippen molar-refractivity contribution in [2.45, 2.75) is 19.0 Å². The van der Waals surface area contributed by atoms with Crippen molar-refractivity contribution in [1.82, 2.24) is 4.90 Å². The van der Waals surface area contributed by atoms with Crippen molar-refractivity contribution in [2.75, 3.05) is 19.8 Å². The van der Waals surface area contributed by atoms with Crippen molar-refractivity contribution in [2.24, 2.45) is 5.73 Å². The molecule has 13 heavy (non-hydrogen) atoms. The van der Waals surface area contributed by atoms with E-state index in [4.69, 9.17) is 15.7 Å². The van der Waals surface area contributed by atoms with Gasteiger partial charge in [0.05, 0.1) is 25.3 Å². The summed E-state index contributed by atoms with van der Waals surface area (Å²) in [6.45, 7) is 3.18. The van der Waals surface area contributed by atoms with Crippen LogP contribution in [0.25, 0.3) is 0 Å². The SMILES string of the molecule is CC(C#N)N1CCOCC1C(N)=O. The van der Waals surface area contributed by atoms with E-state index in [1.165, 1.54) is 0 Å². The number of carbonyl (C=O) groups excluding carboxylic acids is 1. The first-order valence-corrected chi connectivity index (χ1v) is 4.19.